The molecule has 16 heavy (non-hydrogen) atoms. The van der Waals surface area contributed by atoms with Crippen LogP contribution in [-0.4, -0.2) is 11.5 Å². The van der Waals surface area contributed by atoms with Crippen LogP contribution in [-0.2, 0) is 5.41 Å². The van der Waals surface area contributed by atoms with Gasteiger partial charge in [0.25, 0.3) is 0 Å². The second-order valence-corrected chi connectivity index (χ2v) is 5.11. The number of nitrogens with zero attached hydrogens (tertiary/aromatic N) is 1. The van der Waals surface area contributed by atoms with Crippen LogP contribution in [0.5, 0.6) is 0 Å². The van der Waals surface area contributed by atoms with Gasteiger partial charge >= 0.3 is 0 Å². The normalized spacial score (nSPS) is 10.7. The van der Waals surface area contributed by atoms with Crippen LogP contribution < -0.4 is 5.73 Å². The molecule has 1 aromatic carbocycles. The molecule has 0 saturated heterocycles. The molecule has 1 heterocycles. The van der Waals surface area contributed by atoms with Gasteiger partial charge in [0.1, 0.15) is 5.01 Å². The van der Waals surface area contributed by atoms with E-state index in [9.17, 15) is 0 Å². The van der Waals surface area contributed by atoms with Gasteiger partial charge in [-0.1, -0.05) is 26.0 Å². The number of para-hydroxylation sites is 1. The van der Waals surface area contributed by atoms with E-state index < -0.39 is 0 Å². The summed E-state index contributed by atoms with van der Waals surface area (Å²) in [5.41, 5.74) is 6.79. The molecule has 2 N–H and O–H groups in total. The molecular formula is C11H16Cl2N2S. The van der Waals surface area contributed by atoms with Crippen molar-refractivity contribution in [3.63, 3.8) is 0 Å². The van der Waals surface area contributed by atoms with Crippen LogP contribution in [0.1, 0.15) is 18.9 Å². The summed E-state index contributed by atoms with van der Waals surface area (Å²) in [6, 6.07) is 8.20. The lowest BCUT2D eigenvalue weighted by Gasteiger charge is -2.18. The predicted octanol–water partition coefficient (Wildman–Crippen LogP) is 3.38. The highest BCUT2D eigenvalue weighted by Crippen LogP contribution is 2.30. The van der Waals surface area contributed by atoms with Gasteiger partial charge in [-0.05, 0) is 12.1 Å². The second-order valence-electron chi connectivity index (χ2n) is 4.07. The zero-order valence-corrected chi connectivity index (χ0v) is 11.7. The van der Waals surface area contributed by atoms with Crippen molar-refractivity contribution >= 4 is 46.4 Å². The molecule has 0 fully saturated rings. The SMILES string of the molecule is CC(C)(CN)c1nc2ccccc2s1.Cl.Cl. The molecule has 0 amide bonds. The van der Waals surface area contributed by atoms with E-state index >= 15 is 0 Å². The van der Waals surface area contributed by atoms with Crippen molar-refractivity contribution in [3.05, 3.63) is 29.3 Å². The molecule has 0 aliphatic carbocycles. The third-order valence-electron chi connectivity index (χ3n) is 2.38. The molecule has 0 saturated carbocycles. The monoisotopic (exact) mass is 278 g/mol. The van der Waals surface area contributed by atoms with Gasteiger partial charge in [0.15, 0.2) is 0 Å². The van der Waals surface area contributed by atoms with Crippen LogP contribution in [0, 0.1) is 0 Å². The Kier molecular flexibility index (Phi) is 5.70. The van der Waals surface area contributed by atoms with Crippen molar-refractivity contribution in [1.82, 2.24) is 4.98 Å². The summed E-state index contributed by atoms with van der Waals surface area (Å²) in [5, 5.41) is 1.13. The Labute approximate surface area is 112 Å². The fraction of sp³-hybridized carbons (Fsp3) is 0.364. The molecule has 5 heteroatoms. The molecular weight excluding hydrogens is 263 g/mol. The molecule has 0 spiro atoms. The molecule has 90 valence electrons. The molecule has 2 nitrogen and oxygen atoms in total. The second kappa shape index (κ2) is 5.82. The highest BCUT2D eigenvalue weighted by Gasteiger charge is 2.22. The van der Waals surface area contributed by atoms with Crippen molar-refractivity contribution in [1.29, 1.82) is 0 Å². The van der Waals surface area contributed by atoms with Gasteiger partial charge in [0.05, 0.1) is 10.2 Å². The Hall–Kier alpha value is -0.350. The quantitative estimate of drug-likeness (QED) is 0.915. The van der Waals surface area contributed by atoms with Crippen LogP contribution in [0.15, 0.2) is 24.3 Å². The van der Waals surface area contributed by atoms with Crippen LogP contribution >= 0.6 is 36.2 Å². The number of thiazole rings is 1. The third-order valence-corrected chi connectivity index (χ3v) is 3.79. The maximum Gasteiger partial charge on any atom is 0.101 e. The maximum absolute atomic E-state index is 5.73. The molecule has 0 atom stereocenters. The third kappa shape index (κ3) is 2.86. The van der Waals surface area contributed by atoms with Gasteiger partial charge in [0, 0.05) is 12.0 Å². The van der Waals surface area contributed by atoms with Gasteiger partial charge in [0.2, 0.25) is 0 Å². The zero-order chi connectivity index (χ0) is 10.2. The summed E-state index contributed by atoms with van der Waals surface area (Å²) in [4.78, 5) is 4.59. The average molecular weight is 279 g/mol. The molecule has 0 unspecified atom stereocenters. The Morgan fingerprint density at radius 2 is 1.88 bits per heavy atom. The number of benzene rings is 1. The van der Waals surface area contributed by atoms with E-state index in [1.165, 1.54) is 4.70 Å². The summed E-state index contributed by atoms with van der Waals surface area (Å²) < 4.78 is 1.24. The largest absolute Gasteiger partial charge is 0.330 e. The lowest BCUT2D eigenvalue weighted by molar-refractivity contribution is 0.536. The average Bonchev–Trinajstić information content (AvgIpc) is 2.61. The highest BCUT2D eigenvalue weighted by atomic mass is 35.5. The first-order chi connectivity index (χ1) is 6.63. The van der Waals surface area contributed by atoms with Gasteiger partial charge in [-0.25, -0.2) is 4.98 Å². The molecule has 0 aliphatic heterocycles. The lowest BCUT2D eigenvalue weighted by atomic mass is 9.95. The minimum absolute atomic E-state index is 0. The topological polar surface area (TPSA) is 38.9 Å². The number of aromatic nitrogens is 1. The van der Waals surface area contributed by atoms with Crippen molar-refractivity contribution < 1.29 is 0 Å². The Morgan fingerprint density at radius 1 is 1.25 bits per heavy atom. The Bertz CT molecular complexity index is 421. The number of hydrogen-bond acceptors (Lipinski definition) is 3. The van der Waals surface area contributed by atoms with Crippen molar-refractivity contribution in [2.45, 2.75) is 19.3 Å². The van der Waals surface area contributed by atoms with E-state index in [-0.39, 0.29) is 30.2 Å². The molecule has 2 aromatic rings. The lowest BCUT2D eigenvalue weighted by Crippen LogP contribution is -2.27. The number of rotatable bonds is 2. The highest BCUT2D eigenvalue weighted by molar-refractivity contribution is 7.18. The summed E-state index contributed by atoms with van der Waals surface area (Å²) in [6.45, 7) is 4.89. The summed E-state index contributed by atoms with van der Waals surface area (Å²) in [6.07, 6.45) is 0. The van der Waals surface area contributed by atoms with E-state index in [2.05, 4.69) is 24.9 Å². The number of halogens is 2. The standard InChI is InChI=1S/C11H14N2S.2ClH/c1-11(2,7-12)10-13-8-5-3-4-6-9(8)14-10;;/h3-6H,7,12H2,1-2H3;2*1H. The van der Waals surface area contributed by atoms with Gasteiger partial charge in [-0.15, -0.1) is 36.2 Å². The van der Waals surface area contributed by atoms with Crippen molar-refractivity contribution in [2.24, 2.45) is 5.73 Å². The number of nitrogens with two attached hydrogens (primary N) is 1. The molecule has 0 aliphatic rings. The first kappa shape index (κ1) is 15.7. The molecule has 1 aromatic heterocycles. The smallest absolute Gasteiger partial charge is 0.101 e. The molecule has 2 rings (SSSR count). The van der Waals surface area contributed by atoms with Crippen LogP contribution in [0.4, 0.5) is 0 Å². The summed E-state index contributed by atoms with van der Waals surface area (Å²) in [7, 11) is 0. The first-order valence-electron chi connectivity index (χ1n) is 4.69. The summed E-state index contributed by atoms with van der Waals surface area (Å²) in [5.74, 6) is 0. The van der Waals surface area contributed by atoms with E-state index in [1.807, 2.05) is 18.2 Å². The van der Waals surface area contributed by atoms with Crippen molar-refractivity contribution in [2.75, 3.05) is 6.54 Å². The van der Waals surface area contributed by atoms with E-state index in [0.717, 1.165) is 10.5 Å². The predicted molar refractivity (Wildman–Crippen MR) is 76.2 cm³/mol. The number of fused-ring (bicyclic) bond motifs is 1. The van der Waals surface area contributed by atoms with E-state index in [1.54, 1.807) is 11.3 Å². The van der Waals surface area contributed by atoms with Crippen LogP contribution in [0.2, 0.25) is 0 Å². The number of hydrogen-bond donors (Lipinski definition) is 1. The minimum Gasteiger partial charge on any atom is -0.330 e. The van der Waals surface area contributed by atoms with Crippen LogP contribution in [0.3, 0.4) is 0 Å². The van der Waals surface area contributed by atoms with E-state index in [4.69, 9.17) is 5.73 Å². The fourth-order valence-electron chi connectivity index (χ4n) is 1.25. The Morgan fingerprint density at radius 3 is 2.44 bits per heavy atom. The summed E-state index contributed by atoms with van der Waals surface area (Å²) >= 11 is 1.74. The van der Waals surface area contributed by atoms with Gasteiger partial charge in [-0.2, -0.15) is 0 Å². The van der Waals surface area contributed by atoms with E-state index in [0.29, 0.717) is 6.54 Å². The first-order valence-corrected chi connectivity index (χ1v) is 5.51. The maximum atomic E-state index is 5.73. The Balaban J connectivity index is 0.00000112. The fourth-order valence-corrected chi connectivity index (χ4v) is 2.33. The zero-order valence-electron chi connectivity index (χ0n) is 9.27. The molecule has 0 radical (unpaired) electrons. The minimum atomic E-state index is -0.0102. The van der Waals surface area contributed by atoms with Crippen LogP contribution in [0.25, 0.3) is 10.2 Å². The molecule has 0 bridgehead atoms. The van der Waals surface area contributed by atoms with Gasteiger partial charge < -0.3 is 5.73 Å². The van der Waals surface area contributed by atoms with Crippen molar-refractivity contribution in [3.8, 4) is 0 Å². The van der Waals surface area contributed by atoms with Gasteiger partial charge in [-0.3, -0.25) is 0 Å².